The summed E-state index contributed by atoms with van der Waals surface area (Å²) in [6.45, 7) is 0. The molecule has 0 spiro atoms. The standard InChI is InChI=1S/3K.H4NO3P/c;;;1-5(2,3)4/h;;;(H4,1,2,3,4)/q3*+1;/p-2. The summed E-state index contributed by atoms with van der Waals surface area (Å²) >= 11 is 0. The van der Waals surface area contributed by atoms with Crippen LogP contribution < -0.4 is 169 Å². The molecule has 0 atom stereocenters. The molecular formula is H2K3NO3P+. The first-order valence-electron chi connectivity index (χ1n) is 0.806. The quantitative estimate of drug-likeness (QED) is 0.319. The van der Waals surface area contributed by atoms with E-state index in [-0.39, 0.29) is 154 Å². The summed E-state index contributed by atoms with van der Waals surface area (Å²) in [5.41, 5.74) is 3.80. The minimum atomic E-state index is -4.64. The number of nitrogens with two attached hydrogens (primary N) is 1. The fourth-order valence-electron chi connectivity index (χ4n) is 0. The van der Waals surface area contributed by atoms with E-state index in [0.717, 1.165) is 0 Å². The Morgan fingerprint density at radius 2 is 1.12 bits per heavy atom. The van der Waals surface area contributed by atoms with Crippen LogP contribution in [0.3, 0.4) is 0 Å². The molecule has 8 heavy (non-hydrogen) atoms. The van der Waals surface area contributed by atoms with Gasteiger partial charge in [0.2, 0.25) is 0 Å². The molecule has 0 saturated carbocycles. The molecular weight excluding hydrogens is 210 g/mol. The van der Waals surface area contributed by atoms with Gasteiger partial charge in [-0.3, -0.25) is 0 Å². The van der Waals surface area contributed by atoms with Gasteiger partial charge in [0.15, 0.2) is 0 Å². The first-order valence-corrected chi connectivity index (χ1v) is 2.42. The maximum atomic E-state index is 8.88. The fourth-order valence-corrected chi connectivity index (χ4v) is 0. The Morgan fingerprint density at radius 1 is 1.12 bits per heavy atom. The predicted octanol–water partition coefficient (Wildman–Crippen LogP) is -11.2. The Kier molecular flexibility index (Phi) is 34.7. The smallest absolute Gasteiger partial charge is 0.799 e. The van der Waals surface area contributed by atoms with Crippen LogP contribution >= 0.6 is 7.75 Å². The van der Waals surface area contributed by atoms with Gasteiger partial charge < -0.3 is 19.9 Å². The molecule has 0 radical (unpaired) electrons. The Balaban J connectivity index is -0.0000000267. The average Bonchev–Trinajstić information content (AvgIpc) is 0.722. The molecule has 0 aliphatic carbocycles. The van der Waals surface area contributed by atoms with Crippen molar-refractivity contribution in [2.75, 3.05) is 0 Å². The second-order valence-electron chi connectivity index (χ2n) is 0.540. The van der Waals surface area contributed by atoms with Crippen LogP contribution in [0.1, 0.15) is 0 Å². The van der Waals surface area contributed by atoms with E-state index < -0.39 is 7.75 Å². The van der Waals surface area contributed by atoms with Crippen LogP contribution in [0, 0.1) is 0 Å². The largest absolute Gasteiger partial charge is 1.00 e. The van der Waals surface area contributed by atoms with Gasteiger partial charge in [0.25, 0.3) is 0 Å². The van der Waals surface area contributed by atoms with E-state index in [2.05, 4.69) is 5.50 Å². The van der Waals surface area contributed by atoms with Crippen molar-refractivity contribution in [2.45, 2.75) is 0 Å². The zero-order valence-corrected chi connectivity index (χ0v) is 15.5. The Labute approximate surface area is 176 Å². The molecule has 0 heterocycles. The van der Waals surface area contributed by atoms with Crippen LogP contribution in [0.4, 0.5) is 0 Å². The Hall–Kier alpha value is 5.02. The second kappa shape index (κ2) is 12.0. The molecule has 0 bridgehead atoms. The van der Waals surface area contributed by atoms with Crippen LogP contribution in [-0.2, 0) is 4.57 Å². The van der Waals surface area contributed by atoms with E-state index in [1.165, 1.54) is 0 Å². The summed E-state index contributed by atoms with van der Waals surface area (Å²) < 4.78 is 8.88. The van der Waals surface area contributed by atoms with Gasteiger partial charge in [-0.05, 0) is 7.75 Å². The fraction of sp³-hybridized carbons (Fsp3) is 0. The summed E-state index contributed by atoms with van der Waals surface area (Å²) in [6.07, 6.45) is 0. The molecule has 0 aromatic rings. The molecule has 0 unspecified atom stereocenters. The van der Waals surface area contributed by atoms with E-state index in [1.54, 1.807) is 0 Å². The Bertz CT molecular complexity index is 60.7. The molecule has 0 aliphatic rings. The van der Waals surface area contributed by atoms with E-state index in [4.69, 9.17) is 14.4 Å². The molecule has 0 aromatic heterocycles. The summed E-state index contributed by atoms with van der Waals surface area (Å²) in [4.78, 5) is 17.8. The minimum absolute atomic E-state index is 0. The molecule has 0 amide bonds. The van der Waals surface area contributed by atoms with Crippen molar-refractivity contribution in [3.05, 3.63) is 0 Å². The molecule has 0 fully saturated rings. The minimum Gasteiger partial charge on any atom is -0.799 e. The zero-order valence-electron chi connectivity index (χ0n) is 5.25. The third-order valence-electron chi connectivity index (χ3n) is 0. The van der Waals surface area contributed by atoms with E-state index in [0.29, 0.717) is 0 Å². The summed E-state index contributed by atoms with van der Waals surface area (Å²) in [5, 5.41) is 0. The van der Waals surface area contributed by atoms with Crippen molar-refractivity contribution in [1.29, 1.82) is 0 Å². The molecule has 4 nitrogen and oxygen atoms in total. The first-order chi connectivity index (χ1) is 2.00. The van der Waals surface area contributed by atoms with Gasteiger partial charge in [0.1, 0.15) is 0 Å². The second-order valence-corrected chi connectivity index (χ2v) is 1.62. The van der Waals surface area contributed by atoms with Crippen molar-refractivity contribution >= 4 is 7.75 Å². The zero-order chi connectivity index (χ0) is 4.50. The van der Waals surface area contributed by atoms with Gasteiger partial charge in [0, 0.05) is 0 Å². The van der Waals surface area contributed by atoms with E-state index in [9.17, 15) is 0 Å². The third kappa shape index (κ3) is 43.9. The summed E-state index contributed by atoms with van der Waals surface area (Å²) in [5.74, 6) is 0. The van der Waals surface area contributed by atoms with Crippen LogP contribution in [0.2, 0.25) is 0 Å². The van der Waals surface area contributed by atoms with Crippen molar-refractivity contribution in [3.63, 3.8) is 0 Å². The molecule has 32 valence electrons. The molecule has 0 rings (SSSR count). The van der Waals surface area contributed by atoms with E-state index in [1.807, 2.05) is 0 Å². The third-order valence-corrected chi connectivity index (χ3v) is 0. The van der Waals surface area contributed by atoms with Crippen LogP contribution in [0.5, 0.6) is 0 Å². The SMILES string of the molecule is NP(=O)([O-])[O-].[K+].[K+].[K+]. The van der Waals surface area contributed by atoms with Crippen molar-refractivity contribution in [2.24, 2.45) is 5.50 Å². The van der Waals surface area contributed by atoms with Gasteiger partial charge in [-0.2, -0.15) is 0 Å². The van der Waals surface area contributed by atoms with Crippen LogP contribution in [-0.4, -0.2) is 0 Å². The van der Waals surface area contributed by atoms with Gasteiger partial charge >= 0.3 is 154 Å². The van der Waals surface area contributed by atoms with Gasteiger partial charge in [-0.25, -0.2) is 0 Å². The molecule has 0 aromatic carbocycles. The topological polar surface area (TPSA) is 89.2 Å². The van der Waals surface area contributed by atoms with Crippen LogP contribution in [0.15, 0.2) is 0 Å². The summed E-state index contributed by atoms with van der Waals surface area (Å²) in [7, 11) is -4.64. The molecule has 0 aliphatic heterocycles. The molecule has 0 saturated heterocycles. The van der Waals surface area contributed by atoms with Crippen molar-refractivity contribution < 1.29 is 169 Å². The molecule has 8 heteroatoms. The maximum Gasteiger partial charge on any atom is 1.00 e. The van der Waals surface area contributed by atoms with Gasteiger partial charge in [-0.15, -0.1) is 0 Å². The predicted molar refractivity (Wildman–Crippen MR) is 11.8 cm³/mol. The normalized spacial score (nSPS) is 7.38. The monoisotopic (exact) mass is 212 g/mol. The number of hydrogen-bond acceptors (Lipinski definition) is 3. The summed E-state index contributed by atoms with van der Waals surface area (Å²) in [6, 6.07) is 0. The Morgan fingerprint density at radius 3 is 1.12 bits per heavy atom. The van der Waals surface area contributed by atoms with Crippen LogP contribution in [0.25, 0.3) is 0 Å². The maximum absolute atomic E-state index is 8.88. The van der Waals surface area contributed by atoms with E-state index >= 15 is 0 Å². The van der Waals surface area contributed by atoms with Crippen molar-refractivity contribution in [3.8, 4) is 0 Å². The number of hydrogen-bond donors (Lipinski definition) is 1. The number of rotatable bonds is 0. The van der Waals surface area contributed by atoms with Gasteiger partial charge in [-0.1, -0.05) is 0 Å². The van der Waals surface area contributed by atoms with Crippen molar-refractivity contribution in [1.82, 2.24) is 0 Å². The van der Waals surface area contributed by atoms with Gasteiger partial charge in [0.05, 0.1) is 0 Å². The average molecular weight is 212 g/mol. The molecule has 2 N–H and O–H groups in total. The first kappa shape index (κ1) is 23.1.